The molecule has 0 amide bonds. The first-order chi connectivity index (χ1) is 10.2. The van der Waals surface area contributed by atoms with Crippen LogP contribution in [0.5, 0.6) is 5.75 Å². The lowest BCUT2D eigenvalue weighted by Crippen LogP contribution is -2.29. The Morgan fingerprint density at radius 1 is 1.38 bits per heavy atom. The second-order valence-corrected chi connectivity index (χ2v) is 5.90. The summed E-state index contributed by atoms with van der Waals surface area (Å²) >= 11 is 11.4. The average Bonchev–Trinajstić information content (AvgIpc) is 2.48. The monoisotopic (exact) mass is 324 g/mol. The molecule has 3 nitrogen and oxygen atoms in total. The molecule has 0 radical (unpaired) electrons. The van der Waals surface area contributed by atoms with Crippen LogP contribution in [0.1, 0.15) is 32.1 Å². The van der Waals surface area contributed by atoms with Crippen molar-refractivity contribution in [2.45, 2.75) is 32.1 Å². The van der Waals surface area contributed by atoms with Crippen LogP contribution in [0.15, 0.2) is 29.8 Å². The number of anilines is 1. The zero-order valence-electron chi connectivity index (χ0n) is 12.2. The maximum atomic E-state index is 6.08. The lowest BCUT2D eigenvalue weighted by atomic mass is 9.97. The first-order valence-corrected chi connectivity index (χ1v) is 8.04. The minimum Gasteiger partial charge on any atom is -0.495 e. The standard InChI is InChI=1S/C16H21ClN2OS/c1-20-15-8-7-13(11-14(15)17)19-16(21)18-10-9-12-5-3-2-4-6-12/h5,7-8,11H,2-4,6,9-10H2,1H3,(H2,18,19,21). The number of ether oxygens (including phenoxy) is 1. The summed E-state index contributed by atoms with van der Waals surface area (Å²) in [5.41, 5.74) is 2.40. The fourth-order valence-corrected chi connectivity index (χ4v) is 2.87. The molecule has 2 N–H and O–H groups in total. The molecule has 0 bridgehead atoms. The summed E-state index contributed by atoms with van der Waals surface area (Å²) in [5, 5.41) is 7.55. The molecule has 1 aliphatic rings. The summed E-state index contributed by atoms with van der Waals surface area (Å²) < 4.78 is 5.12. The minimum atomic E-state index is 0.567. The molecule has 0 atom stereocenters. The van der Waals surface area contributed by atoms with E-state index >= 15 is 0 Å². The van der Waals surface area contributed by atoms with Gasteiger partial charge in [0.1, 0.15) is 5.75 Å². The van der Waals surface area contributed by atoms with Gasteiger partial charge in [0.05, 0.1) is 12.1 Å². The van der Waals surface area contributed by atoms with Crippen LogP contribution in [0.2, 0.25) is 5.02 Å². The van der Waals surface area contributed by atoms with Gasteiger partial charge in [-0.3, -0.25) is 0 Å². The number of thiocarbonyl (C=S) groups is 1. The third-order valence-corrected chi connectivity index (χ3v) is 4.07. The third kappa shape index (κ3) is 5.21. The Balaban J connectivity index is 1.76. The van der Waals surface area contributed by atoms with E-state index in [0.717, 1.165) is 18.7 Å². The lowest BCUT2D eigenvalue weighted by molar-refractivity contribution is 0.415. The van der Waals surface area contributed by atoms with Gasteiger partial charge in [-0.2, -0.15) is 0 Å². The number of halogens is 1. The Morgan fingerprint density at radius 2 is 2.24 bits per heavy atom. The Kier molecular flexibility index (Phi) is 6.33. The van der Waals surface area contributed by atoms with Gasteiger partial charge in [0, 0.05) is 12.2 Å². The summed E-state index contributed by atoms with van der Waals surface area (Å²) in [6.07, 6.45) is 8.53. The van der Waals surface area contributed by atoms with Crippen LogP contribution in [0.4, 0.5) is 5.69 Å². The van der Waals surface area contributed by atoms with E-state index in [1.807, 2.05) is 12.1 Å². The number of rotatable bonds is 5. The van der Waals surface area contributed by atoms with Gasteiger partial charge in [0.15, 0.2) is 5.11 Å². The second kappa shape index (κ2) is 8.25. The van der Waals surface area contributed by atoms with E-state index in [0.29, 0.717) is 15.9 Å². The number of nitrogens with one attached hydrogen (secondary N) is 2. The highest BCUT2D eigenvalue weighted by Gasteiger charge is 2.05. The van der Waals surface area contributed by atoms with Crippen LogP contribution in [0.3, 0.4) is 0 Å². The molecule has 0 unspecified atom stereocenters. The number of hydrogen-bond donors (Lipinski definition) is 2. The summed E-state index contributed by atoms with van der Waals surface area (Å²) in [7, 11) is 1.60. The van der Waals surface area contributed by atoms with Gasteiger partial charge in [-0.1, -0.05) is 23.3 Å². The van der Waals surface area contributed by atoms with E-state index in [2.05, 4.69) is 16.7 Å². The molecule has 1 aromatic rings. The summed E-state index contributed by atoms with van der Waals surface area (Å²) in [4.78, 5) is 0. The van der Waals surface area contributed by atoms with Crippen LogP contribution < -0.4 is 15.4 Å². The number of benzene rings is 1. The maximum Gasteiger partial charge on any atom is 0.170 e. The Labute approximate surface area is 136 Å². The van der Waals surface area contributed by atoms with Crippen molar-refractivity contribution in [1.82, 2.24) is 5.32 Å². The Bertz CT molecular complexity index is 531. The van der Waals surface area contributed by atoms with Gasteiger partial charge in [-0.25, -0.2) is 0 Å². The second-order valence-electron chi connectivity index (χ2n) is 5.09. The summed E-state index contributed by atoms with van der Waals surface area (Å²) in [5.74, 6) is 0.658. The summed E-state index contributed by atoms with van der Waals surface area (Å²) in [6, 6.07) is 5.51. The van der Waals surface area contributed by atoms with E-state index in [1.54, 1.807) is 18.7 Å². The molecule has 0 aromatic heterocycles. The highest BCUT2D eigenvalue weighted by Crippen LogP contribution is 2.27. The molecule has 0 aliphatic heterocycles. The van der Waals surface area contributed by atoms with Crippen molar-refractivity contribution in [2.75, 3.05) is 19.0 Å². The van der Waals surface area contributed by atoms with E-state index in [9.17, 15) is 0 Å². The molecule has 0 heterocycles. The Hall–Kier alpha value is -1.26. The van der Waals surface area contributed by atoms with Crippen molar-refractivity contribution < 1.29 is 4.74 Å². The maximum absolute atomic E-state index is 6.08. The first kappa shape index (κ1) is 16.1. The normalized spacial score (nSPS) is 14.3. The van der Waals surface area contributed by atoms with Crippen molar-refractivity contribution in [3.8, 4) is 5.75 Å². The van der Waals surface area contributed by atoms with Gasteiger partial charge in [-0.15, -0.1) is 0 Å². The van der Waals surface area contributed by atoms with Crippen molar-refractivity contribution in [3.05, 3.63) is 34.9 Å². The molecule has 0 saturated carbocycles. The molecule has 0 saturated heterocycles. The molecule has 1 aromatic carbocycles. The smallest absolute Gasteiger partial charge is 0.170 e. The van der Waals surface area contributed by atoms with Crippen LogP contribution in [-0.4, -0.2) is 18.8 Å². The van der Waals surface area contributed by atoms with Crippen LogP contribution in [0.25, 0.3) is 0 Å². The van der Waals surface area contributed by atoms with E-state index in [4.69, 9.17) is 28.6 Å². The van der Waals surface area contributed by atoms with Crippen molar-refractivity contribution in [2.24, 2.45) is 0 Å². The number of methoxy groups -OCH3 is 1. The number of allylic oxidation sites excluding steroid dienone is 1. The minimum absolute atomic E-state index is 0.567. The molecule has 0 fully saturated rings. The van der Waals surface area contributed by atoms with Crippen LogP contribution in [-0.2, 0) is 0 Å². The summed E-state index contributed by atoms with van der Waals surface area (Å²) in [6.45, 7) is 0.863. The lowest BCUT2D eigenvalue weighted by Gasteiger charge is -2.15. The van der Waals surface area contributed by atoms with Crippen molar-refractivity contribution in [1.29, 1.82) is 0 Å². The first-order valence-electron chi connectivity index (χ1n) is 7.25. The predicted molar refractivity (Wildman–Crippen MR) is 93.4 cm³/mol. The largest absolute Gasteiger partial charge is 0.495 e. The molecule has 2 rings (SSSR count). The van der Waals surface area contributed by atoms with E-state index in [1.165, 1.54) is 25.7 Å². The zero-order valence-corrected chi connectivity index (χ0v) is 13.8. The van der Waals surface area contributed by atoms with Crippen molar-refractivity contribution >= 4 is 34.6 Å². The molecule has 114 valence electrons. The van der Waals surface area contributed by atoms with Gasteiger partial charge in [0.25, 0.3) is 0 Å². The Morgan fingerprint density at radius 3 is 2.90 bits per heavy atom. The molecule has 1 aliphatic carbocycles. The van der Waals surface area contributed by atoms with Gasteiger partial charge < -0.3 is 15.4 Å². The van der Waals surface area contributed by atoms with Crippen LogP contribution in [0, 0.1) is 0 Å². The predicted octanol–water partition coefficient (Wildman–Crippen LogP) is 4.53. The van der Waals surface area contributed by atoms with Gasteiger partial charge >= 0.3 is 0 Å². The van der Waals surface area contributed by atoms with Crippen LogP contribution >= 0.6 is 23.8 Å². The van der Waals surface area contributed by atoms with Crippen molar-refractivity contribution in [3.63, 3.8) is 0 Å². The molecule has 21 heavy (non-hydrogen) atoms. The highest BCUT2D eigenvalue weighted by atomic mass is 35.5. The molecule has 5 heteroatoms. The topological polar surface area (TPSA) is 33.3 Å². The van der Waals surface area contributed by atoms with E-state index in [-0.39, 0.29) is 0 Å². The third-order valence-electron chi connectivity index (χ3n) is 3.53. The quantitative estimate of drug-likeness (QED) is 0.616. The van der Waals surface area contributed by atoms with Gasteiger partial charge in [-0.05, 0) is 62.5 Å². The molecule has 0 spiro atoms. The van der Waals surface area contributed by atoms with Gasteiger partial charge in [0.2, 0.25) is 0 Å². The fourth-order valence-electron chi connectivity index (χ4n) is 2.39. The average molecular weight is 325 g/mol. The zero-order chi connectivity index (χ0) is 15.1. The molecular formula is C16H21ClN2OS. The molecular weight excluding hydrogens is 304 g/mol. The number of hydrogen-bond acceptors (Lipinski definition) is 2. The van der Waals surface area contributed by atoms with E-state index < -0.39 is 0 Å². The highest BCUT2D eigenvalue weighted by molar-refractivity contribution is 7.80. The fraction of sp³-hybridized carbons (Fsp3) is 0.438. The SMILES string of the molecule is COc1ccc(NC(=S)NCCC2=CCCCC2)cc1Cl.